The van der Waals surface area contributed by atoms with E-state index in [1.807, 2.05) is 36.4 Å². The van der Waals surface area contributed by atoms with Crippen LogP contribution in [0.15, 0.2) is 66.2 Å². The number of carboxylic acid groups (broad SMARTS) is 1. The summed E-state index contributed by atoms with van der Waals surface area (Å²) in [6, 6.07) is 19.9. The van der Waals surface area contributed by atoms with Crippen LogP contribution in [0.5, 0.6) is 0 Å². The van der Waals surface area contributed by atoms with Crippen LogP contribution in [0.25, 0.3) is 5.57 Å². The summed E-state index contributed by atoms with van der Waals surface area (Å²) in [5.41, 5.74) is 1.62. The molecule has 0 aliphatic carbocycles. The Hall–Kier alpha value is -2.86. The summed E-state index contributed by atoms with van der Waals surface area (Å²) in [6.07, 6.45) is 0. The Balaban J connectivity index is 2.73. The van der Waals surface area contributed by atoms with E-state index in [1.165, 1.54) is 0 Å². The van der Waals surface area contributed by atoms with E-state index in [4.69, 9.17) is 5.26 Å². The molecule has 0 unspecified atom stereocenters. The molecule has 3 heteroatoms. The average molecular weight is 249 g/mol. The number of benzene rings is 2. The van der Waals surface area contributed by atoms with E-state index >= 15 is 0 Å². The van der Waals surface area contributed by atoms with Crippen LogP contribution in [0.2, 0.25) is 0 Å². The first-order valence-electron chi connectivity index (χ1n) is 5.72. The number of rotatable bonds is 3. The lowest BCUT2D eigenvalue weighted by molar-refractivity contribution is -0.132. The van der Waals surface area contributed by atoms with Crippen LogP contribution in [-0.2, 0) is 4.79 Å². The fourth-order valence-electron chi connectivity index (χ4n) is 1.88. The maximum absolute atomic E-state index is 11.2. The first kappa shape index (κ1) is 12.6. The van der Waals surface area contributed by atoms with Gasteiger partial charge in [-0.1, -0.05) is 60.7 Å². The normalized spacial score (nSPS) is 9.42. The lowest BCUT2D eigenvalue weighted by atomic mass is 9.93. The molecule has 0 heterocycles. The molecule has 0 saturated carbocycles. The van der Waals surface area contributed by atoms with Gasteiger partial charge in [0.2, 0.25) is 0 Å². The molecule has 0 aromatic heterocycles. The van der Waals surface area contributed by atoms with Gasteiger partial charge in [-0.15, -0.1) is 0 Å². The molecular weight excluding hydrogens is 238 g/mol. The highest BCUT2D eigenvalue weighted by atomic mass is 16.4. The molecule has 0 aliphatic rings. The van der Waals surface area contributed by atoms with Gasteiger partial charge in [-0.2, -0.15) is 5.26 Å². The Morgan fingerprint density at radius 1 is 0.895 bits per heavy atom. The summed E-state index contributed by atoms with van der Waals surface area (Å²) in [4.78, 5) is 11.2. The molecule has 2 rings (SSSR count). The van der Waals surface area contributed by atoms with Crippen LogP contribution in [0.4, 0.5) is 0 Å². The molecule has 0 bridgehead atoms. The predicted octanol–water partition coefficient (Wildman–Crippen LogP) is 3.10. The molecule has 92 valence electrons. The van der Waals surface area contributed by atoms with Crippen molar-refractivity contribution in [1.82, 2.24) is 0 Å². The van der Waals surface area contributed by atoms with Crippen LogP contribution in [0, 0.1) is 11.3 Å². The Morgan fingerprint density at radius 3 is 1.63 bits per heavy atom. The van der Waals surface area contributed by atoms with E-state index in [1.54, 1.807) is 30.3 Å². The minimum atomic E-state index is -1.22. The van der Waals surface area contributed by atoms with Gasteiger partial charge in [-0.25, -0.2) is 4.79 Å². The van der Waals surface area contributed by atoms with Gasteiger partial charge in [-0.3, -0.25) is 0 Å². The van der Waals surface area contributed by atoms with E-state index in [9.17, 15) is 9.90 Å². The molecule has 0 fully saturated rings. The molecule has 2 aromatic rings. The summed E-state index contributed by atoms with van der Waals surface area (Å²) in [6.45, 7) is 0. The van der Waals surface area contributed by atoms with Crippen molar-refractivity contribution >= 4 is 11.5 Å². The second-order valence-electron chi connectivity index (χ2n) is 3.90. The number of nitrogens with zero attached hydrogens (tertiary/aromatic N) is 1. The van der Waals surface area contributed by atoms with Crippen molar-refractivity contribution < 1.29 is 9.90 Å². The lowest BCUT2D eigenvalue weighted by Crippen LogP contribution is -2.03. The van der Waals surface area contributed by atoms with Gasteiger partial charge in [0.25, 0.3) is 0 Å². The maximum Gasteiger partial charge on any atom is 0.347 e. The number of hydrogen-bond acceptors (Lipinski definition) is 2. The molecule has 19 heavy (non-hydrogen) atoms. The number of carbonyl (C=O) groups is 1. The second kappa shape index (κ2) is 5.65. The van der Waals surface area contributed by atoms with Crippen molar-refractivity contribution in [2.45, 2.75) is 0 Å². The Labute approximate surface area is 111 Å². The average Bonchev–Trinajstić information content (AvgIpc) is 2.46. The van der Waals surface area contributed by atoms with Crippen LogP contribution >= 0.6 is 0 Å². The number of hydrogen-bond donors (Lipinski definition) is 1. The summed E-state index contributed by atoms with van der Waals surface area (Å²) in [5, 5.41) is 18.3. The van der Waals surface area contributed by atoms with Gasteiger partial charge in [0, 0.05) is 5.57 Å². The maximum atomic E-state index is 11.2. The molecule has 1 N–H and O–H groups in total. The SMILES string of the molecule is N#CC(C(=O)O)=C(c1ccccc1)c1ccccc1. The monoisotopic (exact) mass is 249 g/mol. The molecule has 0 atom stereocenters. The minimum absolute atomic E-state index is 0.252. The van der Waals surface area contributed by atoms with Gasteiger partial charge < -0.3 is 5.11 Å². The van der Waals surface area contributed by atoms with Crippen molar-refractivity contribution in [2.24, 2.45) is 0 Å². The second-order valence-corrected chi connectivity index (χ2v) is 3.90. The first-order chi connectivity index (χ1) is 9.24. The van der Waals surface area contributed by atoms with Crippen LogP contribution < -0.4 is 0 Å². The Bertz CT molecular complexity index is 611. The number of aliphatic carboxylic acids is 1. The molecule has 0 aliphatic heterocycles. The van der Waals surface area contributed by atoms with E-state index < -0.39 is 5.97 Å². The van der Waals surface area contributed by atoms with E-state index in [0.717, 1.165) is 0 Å². The van der Waals surface area contributed by atoms with Crippen LogP contribution in [0.1, 0.15) is 11.1 Å². The standard InChI is InChI=1S/C16H11NO2/c17-11-14(16(18)19)15(12-7-3-1-4-8-12)13-9-5-2-6-10-13/h1-10H,(H,18,19). The summed E-state index contributed by atoms with van der Waals surface area (Å²) in [5.74, 6) is -1.22. The Kier molecular flexibility index (Phi) is 3.75. The molecule has 0 saturated heterocycles. The van der Waals surface area contributed by atoms with Gasteiger partial charge >= 0.3 is 5.97 Å². The topological polar surface area (TPSA) is 61.1 Å². The van der Waals surface area contributed by atoms with Crippen molar-refractivity contribution in [1.29, 1.82) is 5.26 Å². The van der Waals surface area contributed by atoms with E-state index in [2.05, 4.69) is 0 Å². The highest BCUT2D eigenvalue weighted by Gasteiger charge is 2.17. The third-order valence-electron chi connectivity index (χ3n) is 2.70. The fraction of sp³-hybridized carbons (Fsp3) is 0. The molecule has 2 aromatic carbocycles. The van der Waals surface area contributed by atoms with Gasteiger partial charge in [0.1, 0.15) is 11.6 Å². The summed E-state index contributed by atoms with van der Waals surface area (Å²) >= 11 is 0. The molecule has 0 radical (unpaired) electrons. The van der Waals surface area contributed by atoms with Crippen LogP contribution in [0.3, 0.4) is 0 Å². The van der Waals surface area contributed by atoms with Crippen molar-refractivity contribution in [2.75, 3.05) is 0 Å². The van der Waals surface area contributed by atoms with Gasteiger partial charge in [0.05, 0.1) is 0 Å². The zero-order valence-electron chi connectivity index (χ0n) is 10.1. The van der Waals surface area contributed by atoms with E-state index in [-0.39, 0.29) is 5.57 Å². The molecular formula is C16H11NO2. The highest BCUT2D eigenvalue weighted by Crippen LogP contribution is 2.26. The zero-order chi connectivity index (χ0) is 13.7. The van der Waals surface area contributed by atoms with Crippen LogP contribution in [-0.4, -0.2) is 11.1 Å². The Morgan fingerprint density at radius 2 is 1.32 bits per heavy atom. The first-order valence-corrected chi connectivity index (χ1v) is 5.72. The van der Waals surface area contributed by atoms with Gasteiger partial charge in [0.15, 0.2) is 0 Å². The molecule has 3 nitrogen and oxygen atoms in total. The highest BCUT2D eigenvalue weighted by molar-refractivity contribution is 6.04. The lowest BCUT2D eigenvalue weighted by Gasteiger charge is -2.09. The zero-order valence-corrected chi connectivity index (χ0v) is 10.1. The van der Waals surface area contributed by atoms with Crippen molar-refractivity contribution in [3.05, 3.63) is 77.4 Å². The van der Waals surface area contributed by atoms with E-state index in [0.29, 0.717) is 16.7 Å². The summed E-state index contributed by atoms with van der Waals surface area (Å²) < 4.78 is 0. The third kappa shape index (κ3) is 2.70. The number of carboxylic acids is 1. The van der Waals surface area contributed by atoms with Crippen molar-refractivity contribution in [3.63, 3.8) is 0 Å². The largest absolute Gasteiger partial charge is 0.477 e. The summed E-state index contributed by atoms with van der Waals surface area (Å²) in [7, 11) is 0. The minimum Gasteiger partial charge on any atom is -0.477 e. The smallest absolute Gasteiger partial charge is 0.347 e. The van der Waals surface area contributed by atoms with Gasteiger partial charge in [-0.05, 0) is 11.1 Å². The predicted molar refractivity (Wildman–Crippen MR) is 72.2 cm³/mol. The molecule has 0 amide bonds. The quantitative estimate of drug-likeness (QED) is 0.671. The number of nitriles is 1. The third-order valence-corrected chi connectivity index (χ3v) is 2.70. The molecule has 0 spiro atoms. The fourth-order valence-corrected chi connectivity index (χ4v) is 1.88. The van der Waals surface area contributed by atoms with Crippen molar-refractivity contribution in [3.8, 4) is 6.07 Å².